The van der Waals surface area contributed by atoms with E-state index >= 15 is 0 Å². The highest BCUT2D eigenvalue weighted by atomic mass is 35.6. The number of carbonyl (C=O) groups excluding carboxylic acids is 1. The Morgan fingerprint density at radius 3 is 2.53 bits per heavy atom. The molecule has 1 amide bonds. The molecule has 3 nitrogen and oxygen atoms in total. The fourth-order valence-corrected chi connectivity index (χ4v) is 1.99. The van der Waals surface area contributed by atoms with Crippen LogP contribution in [-0.2, 0) is 4.79 Å². The van der Waals surface area contributed by atoms with Crippen molar-refractivity contribution in [3.8, 4) is 0 Å². The lowest BCUT2D eigenvalue weighted by Crippen LogP contribution is -2.54. The lowest BCUT2D eigenvalue weighted by molar-refractivity contribution is -0.135. The standard InChI is InChI=1S/C9H15Cl3N2O/c1-8(2)6-13-4-3-5-14(8)7(15)9(10,11)12/h13H,3-6H2,1-2H3. The van der Waals surface area contributed by atoms with Crippen molar-refractivity contribution in [1.29, 1.82) is 0 Å². The van der Waals surface area contributed by atoms with E-state index in [1.54, 1.807) is 4.90 Å². The summed E-state index contributed by atoms with van der Waals surface area (Å²) in [5.41, 5.74) is -0.322. The fraction of sp³-hybridized carbons (Fsp3) is 0.889. The minimum atomic E-state index is -1.86. The van der Waals surface area contributed by atoms with Gasteiger partial charge in [-0.2, -0.15) is 0 Å². The Labute approximate surface area is 105 Å². The zero-order valence-electron chi connectivity index (χ0n) is 8.82. The van der Waals surface area contributed by atoms with Crippen molar-refractivity contribution in [3.63, 3.8) is 0 Å². The maximum Gasteiger partial charge on any atom is 0.275 e. The lowest BCUT2D eigenvalue weighted by Gasteiger charge is -2.38. The van der Waals surface area contributed by atoms with Gasteiger partial charge in [0.2, 0.25) is 0 Å². The molecule has 0 aromatic carbocycles. The zero-order valence-corrected chi connectivity index (χ0v) is 11.1. The van der Waals surface area contributed by atoms with Crippen LogP contribution in [0.5, 0.6) is 0 Å². The Bertz CT molecular complexity index is 250. The van der Waals surface area contributed by atoms with Gasteiger partial charge in [0.15, 0.2) is 0 Å². The monoisotopic (exact) mass is 272 g/mol. The average molecular weight is 274 g/mol. The molecule has 6 heteroatoms. The average Bonchev–Trinajstić information content (AvgIpc) is 2.23. The molecule has 1 fully saturated rings. The van der Waals surface area contributed by atoms with Gasteiger partial charge in [0.25, 0.3) is 9.70 Å². The Balaban J connectivity index is 2.85. The third kappa shape index (κ3) is 3.38. The second kappa shape index (κ2) is 4.66. The van der Waals surface area contributed by atoms with Gasteiger partial charge in [-0.3, -0.25) is 4.79 Å². The van der Waals surface area contributed by atoms with Gasteiger partial charge >= 0.3 is 0 Å². The van der Waals surface area contributed by atoms with Crippen molar-refractivity contribution >= 4 is 40.7 Å². The number of rotatable bonds is 0. The molecule has 1 rings (SSSR count). The Morgan fingerprint density at radius 1 is 1.40 bits per heavy atom. The molecule has 0 aromatic heterocycles. The van der Waals surface area contributed by atoms with Crippen LogP contribution in [0.1, 0.15) is 20.3 Å². The normalized spacial score (nSPS) is 22.3. The molecular formula is C9H15Cl3N2O. The third-order valence-electron chi connectivity index (χ3n) is 2.51. The summed E-state index contributed by atoms with van der Waals surface area (Å²) in [4.78, 5) is 13.5. The molecule has 1 heterocycles. The number of hydrogen-bond donors (Lipinski definition) is 1. The molecule has 1 aliphatic rings. The van der Waals surface area contributed by atoms with Crippen LogP contribution in [0.3, 0.4) is 0 Å². The number of hydrogen-bond acceptors (Lipinski definition) is 2. The predicted octanol–water partition coefficient (Wildman–Crippen LogP) is 1.96. The second-order valence-electron chi connectivity index (χ2n) is 4.30. The number of nitrogens with zero attached hydrogens (tertiary/aromatic N) is 1. The summed E-state index contributed by atoms with van der Waals surface area (Å²) in [5.74, 6) is -0.443. The van der Waals surface area contributed by atoms with Gasteiger partial charge in [0.1, 0.15) is 0 Å². The largest absolute Gasteiger partial charge is 0.333 e. The highest BCUT2D eigenvalue weighted by Crippen LogP contribution is 2.31. The smallest absolute Gasteiger partial charge is 0.275 e. The Hall–Kier alpha value is 0.300. The zero-order chi connectivity index (χ0) is 11.7. The highest BCUT2D eigenvalue weighted by molar-refractivity contribution is 6.76. The SMILES string of the molecule is CC1(C)CNCCCN1C(=O)C(Cl)(Cl)Cl. The molecule has 0 bridgehead atoms. The number of halogens is 3. The van der Waals surface area contributed by atoms with E-state index in [0.717, 1.165) is 13.0 Å². The van der Waals surface area contributed by atoms with Crippen LogP contribution in [0.2, 0.25) is 0 Å². The fourth-order valence-electron chi connectivity index (χ4n) is 1.68. The molecule has 1 N–H and O–H groups in total. The molecule has 1 saturated heterocycles. The summed E-state index contributed by atoms with van der Waals surface area (Å²) in [5, 5.41) is 3.25. The first kappa shape index (κ1) is 13.4. The molecule has 0 unspecified atom stereocenters. The molecule has 0 spiro atoms. The summed E-state index contributed by atoms with van der Waals surface area (Å²) >= 11 is 16.9. The molecule has 15 heavy (non-hydrogen) atoms. The van der Waals surface area contributed by atoms with E-state index in [0.29, 0.717) is 13.1 Å². The molecule has 0 aromatic rings. The summed E-state index contributed by atoms with van der Waals surface area (Å²) < 4.78 is -1.86. The molecule has 0 radical (unpaired) electrons. The topological polar surface area (TPSA) is 32.3 Å². The molecule has 0 aliphatic carbocycles. The quantitative estimate of drug-likeness (QED) is 0.684. The van der Waals surface area contributed by atoms with Gasteiger partial charge in [0, 0.05) is 18.6 Å². The van der Waals surface area contributed by atoms with Crippen LogP contribution in [0.25, 0.3) is 0 Å². The minimum Gasteiger partial charge on any atom is -0.333 e. The van der Waals surface area contributed by atoms with Crippen LogP contribution >= 0.6 is 34.8 Å². The van der Waals surface area contributed by atoms with Crippen LogP contribution in [-0.4, -0.2) is 39.8 Å². The van der Waals surface area contributed by atoms with E-state index in [1.165, 1.54) is 0 Å². The number of alkyl halides is 3. The van der Waals surface area contributed by atoms with Crippen LogP contribution in [0.4, 0.5) is 0 Å². The minimum absolute atomic E-state index is 0.322. The summed E-state index contributed by atoms with van der Waals surface area (Å²) in [6.45, 7) is 6.12. The van der Waals surface area contributed by atoms with E-state index in [9.17, 15) is 4.79 Å². The summed E-state index contributed by atoms with van der Waals surface area (Å²) in [7, 11) is 0. The van der Waals surface area contributed by atoms with Gasteiger partial charge in [-0.15, -0.1) is 0 Å². The summed E-state index contributed by atoms with van der Waals surface area (Å²) in [6.07, 6.45) is 0.871. The lowest BCUT2D eigenvalue weighted by atomic mass is 10.0. The Morgan fingerprint density at radius 2 is 2.00 bits per heavy atom. The van der Waals surface area contributed by atoms with E-state index in [2.05, 4.69) is 5.32 Å². The van der Waals surface area contributed by atoms with Gasteiger partial charge in [-0.05, 0) is 26.8 Å². The van der Waals surface area contributed by atoms with Crippen molar-refractivity contribution in [1.82, 2.24) is 10.2 Å². The van der Waals surface area contributed by atoms with Gasteiger partial charge in [-0.25, -0.2) is 0 Å². The highest BCUT2D eigenvalue weighted by Gasteiger charge is 2.41. The van der Waals surface area contributed by atoms with Gasteiger partial charge < -0.3 is 10.2 Å². The van der Waals surface area contributed by atoms with E-state index in [1.807, 2.05) is 13.8 Å². The number of amides is 1. The van der Waals surface area contributed by atoms with E-state index < -0.39 is 9.70 Å². The Kier molecular flexibility index (Phi) is 4.15. The first-order valence-electron chi connectivity index (χ1n) is 4.85. The van der Waals surface area contributed by atoms with Gasteiger partial charge in [-0.1, -0.05) is 34.8 Å². The molecule has 0 saturated carbocycles. The number of nitrogens with one attached hydrogen (secondary N) is 1. The van der Waals surface area contributed by atoms with Crippen molar-refractivity contribution < 1.29 is 4.79 Å². The third-order valence-corrected chi connectivity index (χ3v) is 3.00. The van der Waals surface area contributed by atoms with Gasteiger partial charge in [0.05, 0.1) is 0 Å². The van der Waals surface area contributed by atoms with E-state index in [-0.39, 0.29) is 5.54 Å². The van der Waals surface area contributed by atoms with Crippen molar-refractivity contribution in [3.05, 3.63) is 0 Å². The van der Waals surface area contributed by atoms with Crippen molar-refractivity contribution in [2.45, 2.75) is 29.6 Å². The number of carbonyl (C=O) groups is 1. The van der Waals surface area contributed by atoms with Crippen molar-refractivity contribution in [2.75, 3.05) is 19.6 Å². The second-order valence-corrected chi connectivity index (χ2v) is 6.58. The van der Waals surface area contributed by atoms with Crippen LogP contribution in [0, 0.1) is 0 Å². The molecule has 0 atom stereocenters. The molecule has 88 valence electrons. The van der Waals surface area contributed by atoms with E-state index in [4.69, 9.17) is 34.8 Å². The van der Waals surface area contributed by atoms with Crippen LogP contribution < -0.4 is 5.32 Å². The molecular weight excluding hydrogens is 258 g/mol. The maximum absolute atomic E-state index is 11.9. The van der Waals surface area contributed by atoms with Crippen LogP contribution in [0.15, 0.2) is 0 Å². The first-order valence-corrected chi connectivity index (χ1v) is 5.98. The first-order chi connectivity index (χ1) is 6.75. The maximum atomic E-state index is 11.9. The predicted molar refractivity (Wildman–Crippen MR) is 63.6 cm³/mol. The molecule has 1 aliphatic heterocycles. The summed E-state index contributed by atoms with van der Waals surface area (Å²) in [6, 6.07) is 0. The van der Waals surface area contributed by atoms with Crippen molar-refractivity contribution in [2.24, 2.45) is 0 Å².